The van der Waals surface area contributed by atoms with Crippen molar-refractivity contribution in [2.45, 2.75) is 12.5 Å². The lowest BCUT2D eigenvalue weighted by Gasteiger charge is -2.12. The fourth-order valence-electron chi connectivity index (χ4n) is 2.27. The van der Waals surface area contributed by atoms with Gasteiger partial charge in [-0.2, -0.15) is 4.98 Å². The van der Waals surface area contributed by atoms with Crippen molar-refractivity contribution < 1.29 is 14.4 Å². The summed E-state index contributed by atoms with van der Waals surface area (Å²) in [6, 6.07) is 9.90. The fraction of sp³-hybridized carbons (Fsp3) is 0.308. The van der Waals surface area contributed by atoms with Crippen LogP contribution in [0, 0.1) is 0 Å². The number of amides is 1. The molecule has 1 aliphatic rings. The van der Waals surface area contributed by atoms with Gasteiger partial charge in [0.05, 0.1) is 6.04 Å². The number of aromatic nitrogens is 2. The molecular formula is C13H14N4O3. The number of carbonyl (C=O) groups is 1. The van der Waals surface area contributed by atoms with E-state index in [0.717, 1.165) is 12.0 Å². The molecule has 0 radical (unpaired) electrons. The minimum atomic E-state index is -1.01. The molecule has 0 saturated carbocycles. The van der Waals surface area contributed by atoms with Crippen LogP contribution in [-0.2, 0) is 0 Å². The van der Waals surface area contributed by atoms with E-state index in [1.165, 1.54) is 0 Å². The monoisotopic (exact) mass is 274 g/mol. The molecule has 20 heavy (non-hydrogen) atoms. The molecule has 1 saturated heterocycles. The normalized spacial score (nSPS) is 18.2. The Morgan fingerprint density at radius 2 is 2.20 bits per heavy atom. The van der Waals surface area contributed by atoms with Crippen molar-refractivity contribution >= 4 is 12.1 Å². The number of benzene rings is 1. The summed E-state index contributed by atoms with van der Waals surface area (Å²) in [5, 5.41) is 15.1. The first kappa shape index (κ1) is 12.5. The van der Waals surface area contributed by atoms with E-state index in [-0.39, 0.29) is 6.04 Å². The first-order chi connectivity index (χ1) is 9.72. The molecule has 7 nitrogen and oxygen atoms in total. The van der Waals surface area contributed by atoms with Crippen molar-refractivity contribution in [1.29, 1.82) is 0 Å². The summed E-state index contributed by atoms with van der Waals surface area (Å²) < 4.78 is 5.25. The largest absolute Gasteiger partial charge is 0.465 e. The van der Waals surface area contributed by atoms with Gasteiger partial charge in [0.25, 0.3) is 0 Å². The average molecular weight is 274 g/mol. The van der Waals surface area contributed by atoms with Crippen LogP contribution in [0.2, 0.25) is 0 Å². The summed E-state index contributed by atoms with van der Waals surface area (Å²) >= 11 is 0. The van der Waals surface area contributed by atoms with E-state index in [4.69, 9.17) is 9.63 Å². The first-order valence-corrected chi connectivity index (χ1v) is 6.36. The predicted molar refractivity (Wildman–Crippen MR) is 71.5 cm³/mol. The Kier molecular flexibility index (Phi) is 3.24. The van der Waals surface area contributed by atoms with Crippen molar-refractivity contribution in [3.8, 4) is 11.4 Å². The van der Waals surface area contributed by atoms with Gasteiger partial charge in [0.2, 0.25) is 5.82 Å². The third-order valence-electron chi connectivity index (χ3n) is 3.23. The van der Waals surface area contributed by atoms with Crippen LogP contribution in [0.25, 0.3) is 11.4 Å². The van der Waals surface area contributed by atoms with E-state index in [2.05, 4.69) is 15.5 Å². The van der Waals surface area contributed by atoms with Crippen molar-refractivity contribution in [1.82, 2.24) is 15.5 Å². The second-order valence-electron chi connectivity index (χ2n) is 4.65. The summed E-state index contributed by atoms with van der Waals surface area (Å²) in [5.74, 6) is 0.537. The molecule has 1 atom stereocenters. The van der Waals surface area contributed by atoms with Crippen molar-refractivity contribution in [3.63, 3.8) is 0 Å². The molecule has 0 bridgehead atoms. The minimum Gasteiger partial charge on any atom is -0.465 e. The Labute approximate surface area is 115 Å². The van der Waals surface area contributed by atoms with Gasteiger partial charge in [0.15, 0.2) is 0 Å². The highest BCUT2D eigenvalue weighted by Crippen LogP contribution is 2.22. The van der Waals surface area contributed by atoms with Crippen molar-refractivity contribution in [2.75, 3.05) is 18.0 Å². The van der Waals surface area contributed by atoms with Gasteiger partial charge in [-0.25, -0.2) is 4.79 Å². The maximum atomic E-state index is 10.6. The van der Waals surface area contributed by atoms with E-state index in [0.29, 0.717) is 24.9 Å². The quantitative estimate of drug-likeness (QED) is 0.883. The Bertz CT molecular complexity index is 599. The van der Waals surface area contributed by atoms with E-state index in [1.54, 1.807) is 0 Å². The number of nitrogens with one attached hydrogen (secondary N) is 1. The summed E-state index contributed by atoms with van der Waals surface area (Å²) in [4.78, 5) is 16.8. The summed E-state index contributed by atoms with van der Waals surface area (Å²) in [7, 11) is 0. The van der Waals surface area contributed by atoms with Crippen LogP contribution < -0.4 is 10.2 Å². The molecule has 7 heteroatoms. The van der Waals surface area contributed by atoms with Crippen LogP contribution in [-0.4, -0.2) is 40.5 Å². The summed E-state index contributed by atoms with van der Waals surface area (Å²) in [6.07, 6.45) is -0.276. The average Bonchev–Trinajstić information content (AvgIpc) is 3.07. The lowest BCUT2D eigenvalue weighted by Crippen LogP contribution is -2.36. The number of anilines is 1. The molecule has 1 fully saturated rings. The van der Waals surface area contributed by atoms with Gasteiger partial charge in [-0.15, -0.1) is 0 Å². The number of hydrogen-bond acceptors (Lipinski definition) is 5. The maximum Gasteiger partial charge on any atom is 0.404 e. The van der Waals surface area contributed by atoms with E-state index >= 15 is 0 Å². The van der Waals surface area contributed by atoms with Gasteiger partial charge in [-0.1, -0.05) is 35.5 Å². The predicted octanol–water partition coefficient (Wildman–Crippen LogP) is 1.58. The highest BCUT2D eigenvalue weighted by molar-refractivity contribution is 5.65. The highest BCUT2D eigenvalue weighted by atomic mass is 16.5. The van der Waals surface area contributed by atoms with E-state index in [1.807, 2.05) is 35.2 Å². The van der Waals surface area contributed by atoms with Gasteiger partial charge >= 0.3 is 12.1 Å². The Balaban J connectivity index is 1.70. The topological polar surface area (TPSA) is 91.5 Å². The second-order valence-corrected chi connectivity index (χ2v) is 4.65. The van der Waals surface area contributed by atoms with Gasteiger partial charge in [0, 0.05) is 18.7 Å². The Morgan fingerprint density at radius 3 is 2.95 bits per heavy atom. The fourth-order valence-corrected chi connectivity index (χ4v) is 2.27. The van der Waals surface area contributed by atoms with Crippen molar-refractivity contribution in [2.24, 2.45) is 0 Å². The number of nitrogens with zero attached hydrogens (tertiary/aromatic N) is 3. The van der Waals surface area contributed by atoms with Crippen LogP contribution >= 0.6 is 0 Å². The molecule has 2 aromatic rings. The van der Waals surface area contributed by atoms with Gasteiger partial charge in [0.1, 0.15) is 0 Å². The van der Waals surface area contributed by atoms with Gasteiger partial charge < -0.3 is 19.8 Å². The molecule has 1 aromatic carbocycles. The lowest BCUT2D eigenvalue weighted by atomic mass is 10.2. The van der Waals surface area contributed by atoms with Crippen LogP contribution in [0.15, 0.2) is 34.9 Å². The van der Waals surface area contributed by atoms with Crippen molar-refractivity contribution in [3.05, 3.63) is 30.3 Å². The van der Waals surface area contributed by atoms with E-state index in [9.17, 15) is 4.79 Å². The van der Waals surface area contributed by atoms with Crippen LogP contribution in [0.4, 0.5) is 10.8 Å². The minimum absolute atomic E-state index is 0.0976. The SMILES string of the molecule is O=C(O)N[C@H]1CCN(c2nc(-c3ccccc3)no2)C1. The number of carboxylic acid groups (broad SMARTS) is 1. The smallest absolute Gasteiger partial charge is 0.404 e. The van der Waals surface area contributed by atoms with Crippen LogP contribution in [0.5, 0.6) is 0 Å². The molecule has 3 rings (SSSR count). The van der Waals surface area contributed by atoms with Gasteiger partial charge in [-0.05, 0) is 6.42 Å². The Hall–Kier alpha value is -2.57. The molecule has 2 N–H and O–H groups in total. The standard InChI is InChI=1S/C13H14N4O3/c18-13(19)14-10-6-7-17(8-10)12-15-11(16-20-12)9-4-2-1-3-5-9/h1-5,10,14H,6-8H2,(H,18,19)/t10-/m0/s1. The van der Waals surface area contributed by atoms with Crippen LogP contribution in [0.1, 0.15) is 6.42 Å². The summed E-state index contributed by atoms with van der Waals surface area (Å²) in [5.41, 5.74) is 0.891. The number of rotatable bonds is 3. The molecule has 0 spiro atoms. The zero-order chi connectivity index (χ0) is 13.9. The molecule has 0 aliphatic carbocycles. The zero-order valence-corrected chi connectivity index (χ0v) is 10.7. The third-order valence-corrected chi connectivity index (χ3v) is 3.23. The molecular weight excluding hydrogens is 260 g/mol. The zero-order valence-electron chi connectivity index (χ0n) is 10.7. The summed E-state index contributed by atoms with van der Waals surface area (Å²) in [6.45, 7) is 1.24. The highest BCUT2D eigenvalue weighted by Gasteiger charge is 2.27. The molecule has 1 amide bonds. The van der Waals surface area contributed by atoms with E-state index < -0.39 is 6.09 Å². The third kappa shape index (κ3) is 2.56. The molecule has 2 heterocycles. The number of hydrogen-bond donors (Lipinski definition) is 2. The molecule has 0 unspecified atom stereocenters. The molecule has 1 aliphatic heterocycles. The van der Waals surface area contributed by atoms with Gasteiger partial charge in [-0.3, -0.25) is 0 Å². The van der Waals surface area contributed by atoms with Crippen LogP contribution in [0.3, 0.4) is 0 Å². The Morgan fingerprint density at radius 1 is 1.40 bits per heavy atom. The lowest BCUT2D eigenvalue weighted by molar-refractivity contribution is 0.191. The molecule has 104 valence electrons. The maximum absolute atomic E-state index is 10.6. The first-order valence-electron chi connectivity index (χ1n) is 6.36. The molecule has 1 aromatic heterocycles. The second kappa shape index (κ2) is 5.20.